The molecule has 1 N–H and O–H groups in total. The molecular formula is C16H22N2O4. The van der Waals surface area contributed by atoms with E-state index in [9.17, 15) is 9.59 Å². The second-order valence-electron chi connectivity index (χ2n) is 5.39. The van der Waals surface area contributed by atoms with E-state index in [1.807, 2.05) is 35.2 Å². The molecule has 1 fully saturated rings. The highest BCUT2D eigenvalue weighted by Crippen LogP contribution is 2.18. The first-order valence-corrected chi connectivity index (χ1v) is 7.39. The molecule has 6 nitrogen and oxygen atoms in total. The average molecular weight is 306 g/mol. The van der Waals surface area contributed by atoms with Crippen molar-refractivity contribution in [1.82, 2.24) is 9.80 Å². The topological polar surface area (TPSA) is 70.1 Å². The molecule has 1 aromatic rings. The van der Waals surface area contributed by atoms with Gasteiger partial charge in [0, 0.05) is 33.3 Å². The lowest BCUT2D eigenvalue weighted by molar-refractivity contribution is -0.150. The number of carbonyl (C=O) groups excluding carboxylic acids is 1. The molecule has 1 aromatic carbocycles. The Hall–Kier alpha value is -1.92. The van der Waals surface area contributed by atoms with Crippen molar-refractivity contribution >= 4 is 11.9 Å². The number of amides is 1. The number of ether oxygens (including phenoxy) is 1. The van der Waals surface area contributed by atoms with E-state index in [0.29, 0.717) is 32.8 Å². The Morgan fingerprint density at radius 1 is 1.32 bits per heavy atom. The van der Waals surface area contributed by atoms with Crippen molar-refractivity contribution in [3.8, 4) is 0 Å². The standard InChI is InChI=1S/C16H22N2O4/c1-22-10-9-17-7-8-18(12-13-5-3-2-4-6-13)14(16(17)21)11-15(19)20/h2-6,14H,7-12H2,1H3,(H,19,20). The van der Waals surface area contributed by atoms with E-state index in [4.69, 9.17) is 9.84 Å². The molecule has 0 radical (unpaired) electrons. The zero-order chi connectivity index (χ0) is 15.9. The fourth-order valence-electron chi connectivity index (χ4n) is 2.69. The van der Waals surface area contributed by atoms with E-state index < -0.39 is 12.0 Å². The van der Waals surface area contributed by atoms with E-state index in [1.54, 1.807) is 12.0 Å². The number of hydrogen-bond acceptors (Lipinski definition) is 4. The minimum Gasteiger partial charge on any atom is -0.481 e. The van der Waals surface area contributed by atoms with Gasteiger partial charge in [-0.1, -0.05) is 30.3 Å². The number of piperazine rings is 1. The SMILES string of the molecule is COCCN1CCN(Cc2ccccc2)C(CC(=O)O)C1=O. The number of nitrogens with zero attached hydrogens (tertiary/aromatic N) is 2. The van der Waals surface area contributed by atoms with Gasteiger partial charge in [0.15, 0.2) is 0 Å². The van der Waals surface area contributed by atoms with Crippen LogP contribution in [0.25, 0.3) is 0 Å². The first-order valence-electron chi connectivity index (χ1n) is 7.39. The molecule has 1 amide bonds. The fourth-order valence-corrected chi connectivity index (χ4v) is 2.69. The van der Waals surface area contributed by atoms with Gasteiger partial charge in [0.25, 0.3) is 0 Å². The highest BCUT2D eigenvalue weighted by atomic mass is 16.5. The quantitative estimate of drug-likeness (QED) is 0.807. The molecule has 6 heteroatoms. The van der Waals surface area contributed by atoms with Crippen LogP contribution in [0, 0.1) is 0 Å². The van der Waals surface area contributed by atoms with Gasteiger partial charge in [0.05, 0.1) is 13.0 Å². The summed E-state index contributed by atoms with van der Waals surface area (Å²) in [5.41, 5.74) is 1.08. The first-order chi connectivity index (χ1) is 10.6. The van der Waals surface area contributed by atoms with Gasteiger partial charge >= 0.3 is 5.97 Å². The predicted octanol–water partition coefficient (Wildman–Crippen LogP) is 0.820. The maximum Gasteiger partial charge on any atom is 0.305 e. The largest absolute Gasteiger partial charge is 0.481 e. The van der Waals surface area contributed by atoms with Crippen LogP contribution in [0.3, 0.4) is 0 Å². The number of carbonyl (C=O) groups is 2. The zero-order valence-corrected chi connectivity index (χ0v) is 12.8. The molecule has 22 heavy (non-hydrogen) atoms. The van der Waals surface area contributed by atoms with Gasteiger partial charge < -0.3 is 14.7 Å². The molecule has 0 saturated carbocycles. The number of aliphatic carboxylic acids is 1. The molecule has 1 atom stereocenters. The molecule has 1 unspecified atom stereocenters. The Morgan fingerprint density at radius 2 is 2.05 bits per heavy atom. The Bertz CT molecular complexity index is 506. The van der Waals surface area contributed by atoms with Crippen molar-refractivity contribution in [1.29, 1.82) is 0 Å². The van der Waals surface area contributed by atoms with Crippen LogP contribution in [-0.4, -0.2) is 66.2 Å². The van der Waals surface area contributed by atoms with Gasteiger partial charge in [-0.2, -0.15) is 0 Å². The third-order valence-corrected chi connectivity index (χ3v) is 3.86. The van der Waals surface area contributed by atoms with E-state index in [-0.39, 0.29) is 12.3 Å². The van der Waals surface area contributed by atoms with Crippen molar-refractivity contribution in [2.75, 3.05) is 33.4 Å². The van der Waals surface area contributed by atoms with Crippen LogP contribution in [0.2, 0.25) is 0 Å². The Morgan fingerprint density at radius 3 is 2.68 bits per heavy atom. The summed E-state index contributed by atoms with van der Waals surface area (Å²) in [6.45, 7) is 2.82. The number of carboxylic acids is 1. The molecule has 1 saturated heterocycles. The summed E-state index contributed by atoms with van der Waals surface area (Å²) in [6.07, 6.45) is -0.171. The molecule has 0 bridgehead atoms. The molecule has 2 rings (SSSR count). The molecule has 120 valence electrons. The molecule has 1 heterocycles. The smallest absolute Gasteiger partial charge is 0.305 e. The summed E-state index contributed by atoms with van der Waals surface area (Å²) in [7, 11) is 1.59. The van der Waals surface area contributed by atoms with E-state index in [2.05, 4.69) is 0 Å². The van der Waals surface area contributed by atoms with Crippen molar-refractivity contribution in [2.24, 2.45) is 0 Å². The van der Waals surface area contributed by atoms with Crippen molar-refractivity contribution < 1.29 is 19.4 Å². The molecular weight excluding hydrogens is 284 g/mol. The third-order valence-electron chi connectivity index (χ3n) is 3.86. The van der Waals surface area contributed by atoms with E-state index >= 15 is 0 Å². The number of rotatable bonds is 7. The number of carboxylic acid groups (broad SMARTS) is 1. The second kappa shape index (κ2) is 7.91. The molecule has 1 aliphatic heterocycles. The predicted molar refractivity (Wildman–Crippen MR) is 81.3 cm³/mol. The van der Waals surface area contributed by atoms with Crippen LogP contribution in [0.4, 0.5) is 0 Å². The third kappa shape index (κ3) is 4.29. The number of hydrogen-bond donors (Lipinski definition) is 1. The Balaban J connectivity index is 2.08. The summed E-state index contributed by atoms with van der Waals surface area (Å²) >= 11 is 0. The second-order valence-corrected chi connectivity index (χ2v) is 5.39. The highest BCUT2D eigenvalue weighted by molar-refractivity contribution is 5.86. The maximum atomic E-state index is 12.5. The van der Waals surface area contributed by atoms with Crippen molar-refractivity contribution in [2.45, 2.75) is 19.0 Å². The maximum absolute atomic E-state index is 12.5. The van der Waals surface area contributed by atoms with Crippen LogP contribution in [0.1, 0.15) is 12.0 Å². The Kier molecular flexibility index (Phi) is 5.91. The summed E-state index contributed by atoms with van der Waals surface area (Å²) in [5, 5.41) is 9.11. The fraction of sp³-hybridized carbons (Fsp3) is 0.500. The minimum absolute atomic E-state index is 0.123. The molecule has 0 aromatic heterocycles. The summed E-state index contributed by atoms with van der Waals surface area (Å²) < 4.78 is 5.01. The summed E-state index contributed by atoms with van der Waals surface area (Å²) in [5.74, 6) is -1.08. The lowest BCUT2D eigenvalue weighted by Crippen LogP contribution is -2.57. The minimum atomic E-state index is -0.954. The van der Waals surface area contributed by atoms with Crippen LogP contribution < -0.4 is 0 Å². The zero-order valence-electron chi connectivity index (χ0n) is 12.8. The summed E-state index contributed by atoms with van der Waals surface area (Å²) in [4.78, 5) is 27.3. The molecule has 0 spiro atoms. The lowest BCUT2D eigenvalue weighted by atomic mass is 10.1. The van der Waals surface area contributed by atoms with Gasteiger partial charge in [-0.3, -0.25) is 14.5 Å². The van der Waals surface area contributed by atoms with Gasteiger partial charge in [0.1, 0.15) is 6.04 Å². The lowest BCUT2D eigenvalue weighted by Gasteiger charge is -2.40. The van der Waals surface area contributed by atoms with Gasteiger partial charge in [-0.15, -0.1) is 0 Å². The summed E-state index contributed by atoms with van der Waals surface area (Å²) in [6, 6.07) is 9.19. The van der Waals surface area contributed by atoms with Crippen LogP contribution in [-0.2, 0) is 20.9 Å². The number of benzene rings is 1. The number of methoxy groups -OCH3 is 1. The average Bonchev–Trinajstić information content (AvgIpc) is 2.51. The first kappa shape index (κ1) is 16.5. The Labute approximate surface area is 130 Å². The van der Waals surface area contributed by atoms with Gasteiger partial charge in [0.2, 0.25) is 5.91 Å². The van der Waals surface area contributed by atoms with Crippen LogP contribution in [0.5, 0.6) is 0 Å². The normalized spacial score (nSPS) is 19.4. The van der Waals surface area contributed by atoms with Crippen LogP contribution in [0.15, 0.2) is 30.3 Å². The van der Waals surface area contributed by atoms with E-state index in [1.165, 1.54) is 0 Å². The van der Waals surface area contributed by atoms with Crippen molar-refractivity contribution in [3.05, 3.63) is 35.9 Å². The molecule has 0 aliphatic carbocycles. The van der Waals surface area contributed by atoms with Crippen LogP contribution >= 0.6 is 0 Å². The van der Waals surface area contributed by atoms with Gasteiger partial charge in [-0.05, 0) is 5.56 Å². The van der Waals surface area contributed by atoms with Crippen molar-refractivity contribution in [3.63, 3.8) is 0 Å². The van der Waals surface area contributed by atoms with Gasteiger partial charge in [-0.25, -0.2) is 0 Å². The molecule has 1 aliphatic rings. The monoisotopic (exact) mass is 306 g/mol. The van der Waals surface area contributed by atoms with E-state index in [0.717, 1.165) is 5.56 Å². The highest BCUT2D eigenvalue weighted by Gasteiger charge is 2.35.